The van der Waals surface area contributed by atoms with E-state index in [2.05, 4.69) is 69.3 Å². The van der Waals surface area contributed by atoms with Crippen molar-refractivity contribution in [2.24, 2.45) is 5.41 Å². The zero-order valence-electron chi connectivity index (χ0n) is 12.8. The van der Waals surface area contributed by atoms with Crippen LogP contribution in [0.25, 0.3) is 0 Å². The molecule has 0 spiro atoms. The molecule has 1 atom stereocenters. The molecule has 0 radical (unpaired) electrons. The van der Waals surface area contributed by atoms with Crippen LogP contribution < -0.4 is 0 Å². The van der Waals surface area contributed by atoms with Crippen LogP contribution in [-0.4, -0.2) is 0 Å². The molecule has 1 unspecified atom stereocenters. The van der Waals surface area contributed by atoms with Gasteiger partial charge in [0, 0.05) is 0 Å². The fraction of sp³-hybridized carbons (Fsp3) is 0.400. The van der Waals surface area contributed by atoms with Gasteiger partial charge in [-0.3, -0.25) is 0 Å². The van der Waals surface area contributed by atoms with Gasteiger partial charge in [-0.05, 0) is 52.8 Å². The Hall–Kier alpha value is -1.56. The smallest absolute Gasteiger partial charge is 0.00257 e. The van der Waals surface area contributed by atoms with Gasteiger partial charge in [0.1, 0.15) is 0 Å². The van der Waals surface area contributed by atoms with Crippen molar-refractivity contribution >= 4 is 0 Å². The van der Waals surface area contributed by atoms with Gasteiger partial charge in [0.2, 0.25) is 0 Å². The maximum Gasteiger partial charge on any atom is -0.00257 e. The molecule has 104 valence electrons. The minimum absolute atomic E-state index is 0.436. The highest BCUT2D eigenvalue weighted by molar-refractivity contribution is 5.44. The molecular weight excluding hydrogens is 240 g/mol. The molecule has 2 aromatic rings. The van der Waals surface area contributed by atoms with E-state index < -0.39 is 0 Å². The summed E-state index contributed by atoms with van der Waals surface area (Å²) < 4.78 is 0. The highest BCUT2D eigenvalue weighted by Crippen LogP contribution is 2.42. The molecule has 0 bridgehead atoms. The van der Waals surface area contributed by atoms with Crippen molar-refractivity contribution in [1.29, 1.82) is 0 Å². The Kier molecular flexibility index (Phi) is 3.41. The highest BCUT2D eigenvalue weighted by Gasteiger charge is 2.29. The van der Waals surface area contributed by atoms with Crippen molar-refractivity contribution in [2.75, 3.05) is 0 Å². The van der Waals surface area contributed by atoms with Crippen molar-refractivity contribution in [2.45, 2.75) is 46.0 Å². The van der Waals surface area contributed by atoms with E-state index >= 15 is 0 Å². The SMILES string of the molecule is CC(C)(C)CC1Cc2cc(Cc3ccccc3)ccc21. The predicted molar refractivity (Wildman–Crippen MR) is 86.2 cm³/mol. The van der Waals surface area contributed by atoms with Crippen LogP contribution in [-0.2, 0) is 12.8 Å². The number of hydrogen-bond acceptors (Lipinski definition) is 0. The average molecular weight is 264 g/mol. The van der Waals surface area contributed by atoms with E-state index in [1.54, 1.807) is 11.1 Å². The topological polar surface area (TPSA) is 0 Å². The second-order valence-electron chi connectivity index (χ2n) is 7.36. The Morgan fingerprint density at radius 2 is 1.70 bits per heavy atom. The summed E-state index contributed by atoms with van der Waals surface area (Å²) in [5.74, 6) is 0.788. The molecule has 3 rings (SSSR count). The van der Waals surface area contributed by atoms with E-state index in [1.807, 2.05) is 0 Å². The van der Waals surface area contributed by atoms with Crippen LogP contribution in [0.3, 0.4) is 0 Å². The van der Waals surface area contributed by atoms with Crippen LogP contribution in [0.4, 0.5) is 0 Å². The van der Waals surface area contributed by atoms with Gasteiger partial charge in [-0.15, -0.1) is 0 Å². The Morgan fingerprint density at radius 3 is 2.35 bits per heavy atom. The third-order valence-electron chi connectivity index (χ3n) is 4.22. The number of benzene rings is 2. The number of hydrogen-bond donors (Lipinski definition) is 0. The lowest BCUT2D eigenvalue weighted by Gasteiger charge is -2.35. The summed E-state index contributed by atoms with van der Waals surface area (Å²) >= 11 is 0. The minimum atomic E-state index is 0.436. The maximum atomic E-state index is 2.42. The Balaban J connectivity index is 1.72. The largest absolute Gasteiger partial charge is 0.0622 e. The molecule has 0 nitrogen and oxygen atoms in total. The van der Waals surface area contributed by atoms with Crippen LogP contribution in [0.1, 0.15) is 55.4 Å². The average Bonchev–Trinajstić information content (AvgIpc) is 2.36. The zero-order valence-corrected chi connectivity index (χ0v) is 12.8. The van der Waals surface area contributed by atoms with Crippen molar-refractivity contribution in [3.05, 3.63) is 70.8 Å². The lowest BCUT2D eigenvalue weighted by atomic mass is 9.69. The highest BCUT2D eigenvalue weighted by atomic mass is 14.3. The van der Waals surface area contributed by atoms with Crippen LogP contribution in [0.5, 0.6) is 0 Å². The summed E-state index contributed by atoms with van der Waals surface area (Å²) in [5.41, 5.74) is 6.46. The minimum Gasteiger partial charge on any atom is -0.0622 e. The van der Waals surface area contributed by atoms with Crippen LogP contribution in [0, 0.1) is 5.41 Å². The number of fused-ring (bicyclic) bond motifs is 1. The second-order valence-corrected chi connectivity index (χ2v) is 7.36. The molecular formula is C20H24. The van der Waals surface area contributed by atoms with E-state index in [9.17, 15) is 0 Å². The monoisotopic (exact) mass is 264 g/mol. The van der Waals surface area contributed by atoms with Crippen molar-refractivity contribution in [3.8, 4) is 0 Å². The van der Waals surface area contributed by atoms with E-state index in [1.165, 1.54) is 24.0 Å². The molecule has 0 fully saturated rings. The molecule has 0 aliphatic heterocycles. The van der Waals surface area contributed by atoms with Crippen LogP contribution in [0.2, 0.25) is 0 Å². The first kappa shape index (κ1) is 13.4. The van der Waals surface area contributed by atoms with Gasteiger partial charge >= 0.3 is 0 Å². The summed E-state index contributed by atoms with van der Waals surface area (Å²) in [5, 5.41) is 0. The maximum absolute atomic E-state index is 2.42. The molecule has 20 heavy (non-hydrogen) atoms. The van der Waals surface area contributed by atoms with Gasteiger partial charge < -0.3 is 0 Å². The Bertz CT molecular complexity index is 587. The lowest BCUT2D eigenvalue weighted by molar-refractivity contribution is 0.323. The fourth-order valence-corrected chi connectivity index (χ4v) is 3.34. The lowest BCUT2D eigenvalue weighted by Crippen LogP contribution is -2.22. The van der Waals surface area contributed by atoms with Gasteiger partial charge in [-0.1, -0.05) is 69.3 Å². The van der Waals surface area contributed by atoms with E-state index in [-0.39, 0.29) is 0 Å². The first-order chi connectivity index (χ1) is 9.51. The van der Waals surface area contributed by atoms with E-state index in [0.717, 1.165) is 12.3 Å². The quantitative estimate of drug-likeness (QED) is 0.700. The van der Waals surface area contributed by atoms with Gasteiger partial charge in [0.25, 0.3) is 0 Å². The molecule has 1 aliphatic rings. The Morgan fingerprint density at radius 1 is 0.950 bits per heavy atom. The molecule has 0 saturated carbocycles. The molecule has 0 N–H and O–H groups in total. The molecule has 0 amide bonds. The Labute approximate surface area is 122 Å². The molecule has 1 aliphatic carbocycles. The third kappa shape index (κ3) is 2.95. The van der Waals surface area contributed by atoms with E-state index in [0.29, 0.717) is 5.41 Å². The van der Waals surface area contributed by atoms with E-state index in [4.69, 9.17) is 0 Å². The number of rotatable bonds is 3. The molecule has 0 heteroatoms. The zero-order chi connectivity index (χ0) is 14.2. The molecule has 0 heterocycles. The summed E-state index contributed by atoms with van der Waals surface area (Å²) in [4.78, 5) is 0. The second kappa shape index (κ2) is 5.09. The predicted octanol–water partition coefficient (Wildman–Crippen LogP) is 5.35. The standard InChI is InChI=1S/C20H24/c1-20(2,3)14-18-13-17-12-16(9-10-19(17)18)11-15-7-5-4-6-8-15/h4-10,12,18H,11,13-14H2,1-3H3. The summed E-state index contributed by atoms with van der Waals surface area (Å²) in [6, 6.07) is 17.9. The molecule has 0 aromatic heterocycles. The van der Waals surface area contributed by atoms with Gasteiger partial charge in [0.15, 0.2) is 0 Å². The third-order valence-corrected chi connectivity index (χ3v) is 4.22. The van der Waals surface area contributed by atoms with Gasteiger partial charge in [-0.2, -0.15) is 0 Å². The first-order valence-corrected chi connectivity index (χ1v) is 7.67. The summed E-state index contributed by atoms with van der Waals surface area (Å²) in [6.45, 7) is 7.03. The summed E-state index contributed by atoms with van der Waals surface area (Å²) in [7, 11) is 0. The van der Waals surface area contributed by atoms with Crippen LogP contribution >= 0.6 is 0 Å². The summed E-state index contributed by atoms with van der Waals surface area (Å²) in [6.07, 6.45) is 3.63. The molecule has 0 saturated heterocycles. The van der Waals surface area contributed by atoms with Gasteiger partial charge in [-0.25, -0.2) is 0 Å². The van der Waals surface area contributed by atoms with Gasteiger partial charge in [0.05, 0.1) is 0 Å². The first-order valence-electron chi connectivity index (χ1n) is 7.67. The van der Waals surface area contributed by atoms with Crippen LogP contribution in [0.15, 0.2) is 48.5 Å². The fourth-order valence-electron chi connectivity index (χ4n) is 3.34. The van der Waals surface area contributed by atoms with Crippen molar-refractivity contribution < 1.29 is 0 Å². The normalized spacial score (nSPS) is 17.4. The van der Waals surface area contributed by atoms with Crippen molar-refractivity contribution in [1.82, 2.24) is 0 Å². The molecule has 2 aromatic carbocycles. The van der Waals surface area contributed by atoms with Crippen molar-refractivity contribution in [3.63, 3.8) is 0 Å².